The fourth-order valence-corrected chi connectivity index (χ4v) is 4.55. The maximum absolute atomic E-state index is 12.9. The Morgan fingerprint density at radius 1 is 1.26 bits per heavy atom. The van der Waals surface area contributed by atoms with Crippen molar-refractivity contribution in [3.63, 3.8) is 0 Å². The lowest BCUT2D eigenvalue weighted by Gasteiger charge is -2.32. The van der Waals surface area contributed by atoms with Gasteiger partial charge in [0.25, 0.3) is 0 Å². The van der Waals surface area contributed by atoms with Gasteiger partial charge in [0.1, 0.15) is 0 Å². The summed E-state index contributed by atoms with van der Waals surface area (Å²) in [6, 6.07) is 4.63. The van der Waals surface area contributed by atoms with E-state index in [4.69, 9.17) is 5.14 Å². The summed E-state index contributed by atoms with van der Waals surface area (Å²) in [5.74, 6) is 0.0705. The molecule has 1 saturated heterocycles. The molecule has 1 fully saturated rings. The predicted octanol–water partition coefficient (Wildman–Crippen LogP) is 0.0696. The minimum absolute atomic E-state index is 0.0111. The number of nitrogens with zero attached hydrogens (tertiary/aromatic N) is 2. The molecule has 0 aliphatic carbocycles. The quantitative estimate of drug-likeness (QED) is 0.750. The Labute approximate surface area is 159 Å². The SMILES string of the molecule is CNC(=O)C1CCN(CC(=O)N2c3ccc(S(N)(=O)=O)cc3C[C@@H]2C)CC1. The Morgan fingerprint density at radius 3 is 2.52 bits per heavy atom. The van der Waals surface area contributed by atoms with E-state index in [2.05, 4.69) is 10.2 Å². The second kappa shape index (κ2) is 7.57. The van der Waals surface area contributed by atoms with Crippen molar-refractivity contribution in [3.05, 3.63) is 23.8 Å². The van der Waals surface area contributed by atoms with Crippen molar-refractivity contribution < 1.29 is 18.0 Å². The van der Waals surface area contributed by atoms with E-state index in [0.717, 1.165) is 24.1 Å². The number of fused-ring (bicyclic) bond motifs is 1. The van der Waals surface area contributed by atoms with Gasteiger partial charge in [-0.15, -0.1) is 0 Å². The largest absolute Gasteiger partial charge is 0.359 e. The molecular weight excluding hydrogens is 368 g/mol. The Kier molecular flexibility index (Phi) is 5.55. The zero-order valence-corrected chi connectivity index (χ0v) is 16.5. The van der Waals surface area contributed by atoms with Crippen LogP contribution in [-0.2, 0) is 26.0 Å². The smallest absolute Gasteiger partial charge is 0.241 e. The lowest BCUT2D eigenvalue weighted by molar-refractivity contribution is -0.126. The molecule has 2 aliphatic rings. The predicted molar refractivity (Wildman–Crippen MR) is 102 cm³/mol. The lowest BCUT2D eigenvalue weighted by atomic mass is 9.96. The number of piperidine rings is 1. The normalized spacial score (nSPS) is 21.1. The summed E-state index contributed by atoms with van der Waals surface area (Å²) in [6.07, 6.45) is 2.09. The average Bonchev–Trinajstić information content (AvgIpc) is 2.95. The number of anilines is 1. The lowest BCUT2D eigenvalue weighted by Crippen LogP contribution is -2.46. The summed E-state index contributed by atoms with van der Waals surface area (Å²) >= 11 is 0. The third-order valence-corrected chi connectivity index (χ3v) is 6.34. The summed E-state index contributed by atoms with van der Waals surface area (Å²) in [5, 5.41) is 7.89. The monoisotopic (exact) mass is 394 g/mol. The van der Waals surface area contributed by atoms with E-state index in [1.54, 1.807) is 24.1 Å². The summed E-state index contributed by atoms with van der Waals surface area (Å²) in [7, 11) is -2.12. The summed E-state index contributed by atoms with van der Waals surface area (Å²) in [5.41, 5.74) is 1.57. The van der Waals surface area contributed by atoms with Crippen LogP contribution in [0.1, 0.15) is 25.3 Å². The van der Waals surface area contributed by atoms with E-state index in [-0.39, 0.29) is 28.7 Å². The number of amides is 2. The van der Waals surface area contributed by atoms with Crippen LogP contribution in [0, 0.1) is 5.92 Å². The standard InChI is InChI=1S/C18H26N4O4S/c1-12-9-14-10-15(27(19,25)26)3-4-16(14)22(12)17(23)11-21-7-5-13(6-8-21)18(24)20-2/h3-4,10,12-13H,5-9,11H2,1-2H3,(H,20,24)(H2,19,25,26)/t12-/m0/s1. The van der Waals surface area contributed by atoms with Crippen molar-refractivity contribution in [1.29, 1.82) is 0 Å². The van der Waals surface area contributed by atoms with Crippen LogP contribution in [0.2, 0.25) is 0 Å². The summed E-state index contributed by atoms with van der Waals surface area (Å²) in [6.45, 7) is 3.67. The number of sulfonamides is 1. The van der Waals surface area contributed by atoms with Crippen molar-refractivity contribution in [1.82, 2.24) is 10.2 Å². The second-order valence-corrected chi connectivity index (χ2v) is 8.88. The van der Waals surface area contributed by atoms with E-state index in [9.17, 15) is 18.0 Å². The highest BCUT2D eigenvalue weighted by Gasteiger charge is 2.33. The first-order chi connectivity index (χ1) is 12.7. The topological polar surface area (TPSA) is 113 Å². The third kappa shape index (κ3) is 4.15. The van der Waals surface area contributed by atoms with Crippen molar-refractivity contribution in [2.24, 2.45) is 11.1 Å². The molecule has 1 aromatic carbocycles. The van der Waals surface area contributed by atoms with Crippen molar-refractivity contribution in [2.75, 3.05) is 31.6 Å². The molecule has 27 heavy (non-hydrogen) atoms. The van der Waals surface area contributed by atoms with E-state index >= 15 is 0 Å². The van der Waals surface area contributed by atoms with Gasteiger partial charge >= 0.3 is 0 Å². The van der Waals surface area contributed by atoms with Crippen molar-refractivity contribution in [2.45, 2.75) is 37.1 Å². The van der Waals surface area contributed by atoms with Gasteiger partial charge in [-0.2, -0.15) is 0 Å². The second-order valence-electron chi connectivity index (χ2n) is 7.32. The van der Waals surface area contributed by atoms with Gasteiger partial charge in [0, 0.05) is 24.7 Å². The molecule has 2 heterocycles. The third-order valence-electron chi connectivity index (χ3n) is 5.43. The van der Waals surface area contributed by atoms with Gasteiger partial charge in [-0.25, -0.2) is 13.6 Å². The number of carbonyl (C=O) groups excluding carboxylic acids is 2. The fourth-order valence-electron chi connectivity index (χ4n) is 3.99. The number of carbonyl (C=O) groups is 2. The fraction of sp³-hybridized carbons (Fsp3) is 0.556. The number of nitrogens with one attached hydrogen (secondary N) is 1. The van der Waals surface area contributed by atoms with E-state index in [1.807, 2.05) is 6.92 Å². The zero-order chi connectivity index (χ0) is 19.8. The molecule has 8 nitrogen and oxygen atoms in total. The minimum atomic E-state index is -3.76. The molecule has 0 radical (unpaired) electrons. The van der Waals surface area contributed by atoms with Gasteiger partial charge < -0.3 is 10.2 Å². The van der Waals surface area contributed by atoms with Crippen LogP contribution in [0.25, 0.3) is 0 Å². The van der Waals surface area contributed by atoms with E-state index in [1.165, 1.54) is 6.07 Å². The van der Waals surface area contributed by atoms with Crippen molar-refractivity contribution in [3.8, 4) is 0 Å². The highest BCUT2D eigenvalue weighted by atomic mass is 32.2. The van der Waals surface area contributed by atoms with Gasteiger partial charge in [-0.3, -0.25) is 14.5 Å². The van der Waals surface area contributed by atoms with Crippen molar-refractivity contribution >= 4 is 27.5 Å². The van der Waals surface area contributed by atoms with E-state index < -0.39 is 10.0 Å². The molecule has 0 saturated carbocycles. The van der Waals surface area contributed by atoms with Crippen LogP contribution in [0.15, 0.2) is 23.1 Å². The molecule has 3 rings (SSSR count). The van der Waals surface area contributed by atoms with Crippen LogP contribution < -0.4 is 15.4 Å². The van der Waals surface area contributed by atoms with Gasteiger partial charge in [-0.05, 0) is 63.0 Å². The summed E-state index contributed by atoms with van der Waals surface area (Å²) in [4.78, 5) is 28.5. The Hall–Kier alpha value is -1.97. The number of primary sulfonamides is 1. The van der Waals surface area contributed by atoms with Gasteiger partial charge in [0.15, 0.2) is 0 Å². The van der Waals surface area contributed by atoms with Crippen LogP contribution in [0.4, 0.5) is 5.69 Å². The Bertz CT molecular complexity index is 847. The molecule has 0 bridgehead atoms. The van der Waals surface area contributed by atoms with Crippen LogP contribution in [-0.4, -0.2) is 57.9 Å². The molecule has 9 heteroatoms. The molecule has 2 amide bonds. The number of hydrogen-bond acceptors (Lipinski definition) is 5. The number of likely N-dealkylation sites (tertiary alicyclic amines) is 1. The first kappa shape index (κ1) is 19.8. The molecule has 3 N–H and O–H groups in total. The zero-order valence-electron chi connectivity index (χ0n) is 15.6. The molecule has 2 aliphatic heterocycles. The number of hydrogen-bond donors (Lipinski definition) is 2. The highest BCUT2D eigenvalue weighted by Crippen LogP contribution is 2.34. The van der Waals surface area contributed by atoms with Gasteiger partial charge in [0.05, 0.1) is 11.4 Å². The molecule has 1 aromatic rings. The van der Waals surface area contributed by atoms with Crippen LogP contribution in [0.5, 0.6) is 0 Å². The minimum Gasteiger partial charge on any atom is -0.359 e. The Balaban J connectivity index is 1.68. The molecule has 1 atom stereocenters. The molecule has 0 spiro atoms. The molecule has 148 valence electrons. The van der Waals surface area contributed by atoms with Gasteiger partial charge in [0.2, 0.25) is 21.8 Å². The van der Waals surface area contributed by atoms with Crippen LogP contribution in [0.3, 0.4) is 0 Å². The summed E-state index contributed by atoms with van der Waals surface area (Å²) < 4.78 is 23.1. The first-order valence-corrected chi connectivity index (χ1v) is 10.7. The maximum atomic E-state index is 12.9. The molecule has 0 aromatic heterocycles. The number of benzene rings is 1. The first-order valence-electron chi connectivity index (χ1n) is 9.12. The maximum Gasteiger partial charge on any atom is 0.241 e. The average molecular weight is 394 g/mol. The Morgan fingerprint density at radius 2 is 1.93 bits per heavy atom. The number of rotatable bonds is 4. The molecule has 0 unspecified atom stereocenters. The molecular formula is C18H26N4O4S. The van der Waals surface area contributed by atoms with E-state index in [0.29, 0.717) is 26.1 Å². The highest BCUT2D eigenvalue weighted by molar-refractivity contribution is 7.89. The number of nitrogens with two attached hydrogens (primary N) is 1. The van der Waals surface area contributed by atoms with Crippen LogP contribution >= 0.6 is 0 Å². The van der Waals surface area contributed by atoms with Gasteiger partial charge in [-0.1, -0.05) is 0 Å².